The van der Waals surface area contributed by atoms with E-state index in [1.807, 2.05) is 35.7 Å². The summed E-state index contributed by atoms with van der Waals surface area (Å²) in [6, 6.07) is 16.3. The van der Waals surface area contributed by atoms with E-state index in [0.717, 1.165) is 10.6 Å². The highest BCUT2D eigenvalue weighted by molar-refractivity contribution is 7.09. The Bertz CT molecular complexity index is 821. The molecule has 2 aromatic carbocycles. The predicted molar refractivity (Wildman–Crippen MR) is 97.9 cm³/mol. The molecule has 25 heavy (non-hydrogen) atoms. The highest BCUT2D eigenvalue weighted by Crippen LogP contribution is 2.30. The summed E-state index contributed by atoms with van der Waals surface area (Å²) < 4.78 is 14.3. The first kappa shape index (κ1) is 17.3. The quantitative estimate of drug-likeness (QED) is 0.655. The second-order valence-electron chi connectivity index (χ2n) is 5.86. The van der Waals surface area contributed by atoms with Crippen molar-refractivity contribution in [3.63, 3.8) is 0 Å². The first-order valence-corrected chi connectivity index (χ1v) is 8.95. The normalized spacial score (nSPS) is 11.9. The van der Waals surface area contributed by atoms with Crippen molar-refractivity contribution >= 4 is 17.2 Å². The molecule has 3 rings (SSSR count). The summed E-state index contributed by atoms with van der Waals surface area (Å²) in [7, 11) is 1.76. The van der Waals surface area contributed by atoms with Crippen LogP contribution in [0.4, 0.5) is 4.39 Å². The number of carbonyl (C=O) groups is 1. The minimum atomic E-state index is -0.311. The Labute approximate surface area is 150 Å². The molecule has 0 radical (unpaired) electrons. The molecule has 1 amide bonds. The minimum absolute atomic E-state index is 0.0349. The molecule has 0 aliphatic rings. The number of hydrogen-bond acceptors (Lipinski definition) is 3. The third kappa shape index (κ3) is 4.31. The number of rotatable bonds is 6. The predicted octanol–water partition coefficient (Wildman–Crippen LogP) is 4.46. The lowest BCUT2D eigenvalue weighted by molar-refractivity contribution is -0.130. The fraction of sp³-hybridized carbons (Fsp3) is 0.200. The molecule has 0 spiro atoms. The Kier molecular flexibility index (Phi) is 5.56. The number of aromatic nitrogens is 1. The lowest BCUT2D eigenvalue weighted by Crippen LogP contribution is -2.28. The summed E-state index contributed by atoms with van der Waals surface area (Å²) >= 11 is 1.52. The number of benzene rings is 2. The maximum Gasteiger partial charge on any atom is 0.223 e. The van der Waals surface area contributed by atoms with Gasteiger partial charge in [-0.15, -0.1) is 11.3 Å². The molecule has 1 heterocycles. The Morgan fingerprint density at radius 2 is 1.88 bits per heavy atom. The van der Waals surface area contributed by atoms with Crippen molar-refractivity contribution < 1.29 is 9.18 Å². The first-order valence-electron chi connectivity index (χ1n) is 8.07. The van der Waals surface area contributed by atoms with Gasteiger partial charge in [0.15, 0.2) is 0 Å². The van der Waals surface area contributed by atoms with Gasteiger partial charge in [0, 0.05) is 31.0 Å². The van der Waals surface area contributed by atoms with Gasteiger partial charge in [-0.05, 0) is 17.2 Å². The zero-order valence-corrected chi connectivity index (χ0v) is 14.7. The van der Waals surface area contributed by atoms with E-state index in [-0.39, 0.29) is 24.1 Å². The number of hydrogen-bond donors (Lipinski definition) is 0. The van der Waals surface area contributed by atoms with Gasteiger partial charge in [0.25, 0.3) is 0 Å². The average Bonchev–Trinajstić information content (AvgIpc) is 3.14. The van der Waals surface area contributed by atoms with Crippen LogP contribution in [0, 0.1) is 5.82 Å². The fourth-order valence-electron chi connectivity index (χ4n) is 2.80. The molecule has 0 aliphatic carbocycles. The molecule has 0 aliphatic heterocycles. The Hall–Kier alpha value is -2.53. The summed E-state index contributed by atoms with van der Waals surface area (Å²) in [5, 5.41) is 2.78. The van der Waals surface area contributed by atoms with Crippen molar-refractivity contribution in [2.75, 3.05) is 7.05 Å². The molecule has 0 bridgehead atoms. The minimum Gasteiger partial charge on any atom is -0.339 e. The van der Waals surface area contributed by atoms with Crippen molar-refractivity contribution in [2.45, 2.75) is 18.9 Å². The van der Waals surface area contributed by atoms with Crippen LogP contribution in [0.5, 0.6) is 0 Å². The van der Waals surface area contributed by atoms with Crippen LogP contribution in [0.1, 0.15) is 28.5 Å². The largest absolute Gasteiger partial charge is 0.339 e. The molecule has 0 saturated heterocycles. The van der Waals surface area contributed by atoms with Crippen molar-refractivity contribution in [2.24, 2.45) is 0 Å². The van der Waals surface area contributed by atoms with Crippen molar-refractivity contribution in [3.05, 3.63) is 88.1 Å². The van der Waals surface area contributed by atoms with Gasteiger partial charge in [-0.1, -0.05) is 48.5 Å². The van der Waals surface area contributed by atoms with Gasteiger partial charge >= 0.3 is 0 Å². The summed E-state index contributed by atoms with van der Waals surface area (Å²) in [5.41, 5.74) is 1.48. The van der Waals surface area contributed by atoms with Gasteiger partial charge in [0.1, 0.15) is 10.8 Å². The highest BCUT2D eigenvalue weighted by Gasteiger charge is 2.23. The molecular weight excluding hydrogens is 335 g/mol. The molecule has 5 heteroatoms. The summed E-state index contributed by atoms with van der Waals surface area (Å²) in [5.74, 6) is -0.632. The summed E-state index contributed by atoms with van der Waals surface area (Å²) in [6.45, 7) is 0.468. The van der Waals surface area contributed by atoms with E-state index in [0.29, 0.717) is 12.1 Å². The molecule has 1 aromatic heterocycles. The van der Waals surface area contributed by atoms with E-state index in [4.69, 9.17) is 0 Å². The fourth-order valence-corrected chi connectivity index (χ4v) is 3.47. The van der Waals surface area contributed by atoms with E-state index in [9.17, 15) is 9.18 Å². The molecule has 1 atom stereocenters. The highest BCUT2D eigenvalue weighted by atomic mass is 32.1. The number of halogens is 1. The number of carbonyl (C=O) groups excluding carboxylic acids is 1. The number of amides is 1. The van der Waals surface area contributed by atoms with E-state index in [1.165, 1.54) is 17.4 Å². The number of thiazole rings is 1. The molecule has 3 aromatic rings. The van der Waals surface area contributed by atoms with E-state index in [1.54, 1.807) is 36.3 Å². The molecule has 128 valence electrons. The molecule has 0 fully saturated rings. The lowest BCUT2D eigenvalue weighted by Gasteiger charge is -2.22. The molecule has 0 saturated carbocycles. The van der Waals surface area contributed by atoms with Gasteiger partial charge in [-0.3, -0.25) is 4.79 Å². The van der Waals surface area contributed by atoms with Crippen LogP contribution in [0.15, 0.2) is 66.2 Å². The van der Waals surface area contributed by atoms with Gasteiger partial charge < -0.3 is 4.90 Å². The SMILES string of the molecule is CN(Cc1nccs1)C(=O)C[C@H](c1ccccc1)c1ccccc1F. The third-order valence-corrected chi connectivity index (χ3v) is 4.91. The summed E-state index contributed by atoms with van der Waals surface area (Å²) in [6.07, 6.45) is 1.94. The Morgan fingerprint density at radius 3 is 2.56 bits per heavy atom. The monoisotopic (exact) mass is 354 g/mol. The maximum atomic E-state index is 14.3. The first-order chi connectivity index (χ1) is 12.1. The van der Waals surface area contributed by atoms with Crippen LogP contribution < -0.4 is 0 Å². The lowest BCUT2D eigenvalue weighted by atomic mass is 9.88. The topological polar surface area (TPSA) is 33.2 Å². The van der Waals surface area contributed by atoms with Gasteiger partial charge in [-0.2, -0.15) is 0 Å². The summed E-state index contributed by atoms with van der Waals surface area (Å²) in [4.78, 5) is 18.6. The van der Waals surface area contributed by atoms with Crippen molar-refractivity contribution in [1.82, 2.24) is 9.88 Å². The van der Waals surface area contributed by atoms with E-state index in [2.05, 4.69) is 4.98 Å². The maximum absolute atomic E-state index is 14.3. The Balaban J connectivity index is 1.83. The second kappa shape index (κ2) is 8.03. The average molecular weight is 354 g/mol. The number of nitrogens with zero attached hydrogens (tertiary/aromatic N) is 2. The van der Waals surface area contributed by atoms with Gasteiger partial charge in [-0.25, -0.2) is 9.37 Å². The van der Waals surface area contributed by atoms with Gasteiger partial charge in [0.2, 0.25) is 5.91 Å². The third-order valence-electron chi connectivity index (χ3n) is 4.14. The smallest absolute Gasteiger partial charge is 0.223 e. The zero-order chi connectivity index (χ0) is 17.6. The van der Waals surface area contributed by atoms with Crippen LogP contribution in [0.25, 0.3) is 0 Å². The van der Waals surface area contributed by atoms with Crippen LogP contribution in [0.3, 0.4) is 0 Å². The van der Waals surface area contributed by atoms with Gasteiger partial charge in [0.05, 0.1) is 6.54 Å². The van der Waals surface area contributed by atoms with Crippen LogP contribution in [-0.2, 0) is 11.3 Å². The van der Waals surface area contributed by atoms with E-state index >= 15 is 0 Å². The Morgan fingerprint density at radius 1 is 1.16 bits per heavy atom. The van der Waals surface area contributed by atoms with Crippen molar-refractivity contribution in [1.29, 1.82) is 0 Å². The zero-order valence-electron chi connectivity index (χ0n) is 13.9. The van der Waals surface area contributed by atoms with Crippen LogP contribution in [0.2, 0.25) is 0 Å². The molecule has 0 unspecified atom stereocenters. The van der Waals surface area contributed by atoms with Crippen molar-refractivity contribution in [3.8, 4) is 0 Å². The van der Waals surface area contributed by atoms with Crippen LogP contribution >= 0.6 is 11.3 Å². The molecule has 0 N–H and O–H groups in total. The van der Waals surface area contributed by atoms with Crippen LogP contribution in [-0.4, -0.2) is 22.8 Å². The standard InChI is InChI=1S/C20H19FN2OS/c1-23(14-19-22-11-12-25-19)20(24)13-17(15-7-3-2-4-8-15)16-9-5-6-10-18(16)21/h2-12,17H,13-14H2,1H3/t17-/m1/s1. The molecular formula is C20H19FN2OS. The second-order valence-corrected chi connectivity index (χ2v) is 6.84. The van der Waals surface area contributed by atoms with E-state index < -0.39 is 0 Å². The molecule has 3 nitrogen and oxygen atoms in total.